The summed E-state index contributed by atoms with van der Waals surface area (Å²) >= 11 is 0. The highest BCUT2D eigenvalue weighted by atomic mass is 16.5. The highest BCUT2D eigenvalue weighted by Crippen LogP contribution is 2.28. The molecule has 0 bridgehead atoms. The number of ether oxygens (including phenoxy) is 2. The van der Waals surface area contributed by atoms with E-state index in [0.717, 1.165) is 48.8 Å². The lowest BCUT2D eigenvalue weighted by Crippen LogP contribution is -2.48. The van der Waals surface area contributed by atoms with Crippen molar-refractivity contribution in [2.45, 2.75) is 91.0 Å². The van der Waals surface area contributed by atoms with Crippen LogP contribution in [0.1, 0.15) is 84.6 Å². The summed E-state index contributed by atoms with van der Waals surface area (Å²) in [5.41, 5.74) is 6.88. The van der Waals surface area contributed by atoms with Gasteiger partial charge >= 0.3 is 0 Å². The van der Waals surface area contributed by atoms with Gasteiger partial charge in [0.2, 0.25) is 0 Å². The molecule has 0 radical (unpaired) electrons. The molecule has 0 aliphatic heterocycles. The summed E-state index contributed by atoms with van der Waals surface area (Å²) < 4.78 is 11.5. The zero-order valence-corrected chi connectivity index (χ0v) is 19.5. The molecule has 4 heteroatoms. The Morgan fingerprint density at radius 2 is 1.66 bits per heavy atom. The quantitative estimate of drug-likeness (QED) is 0.343. The van der Waals surface area contributed by atoms with Crippen LogP contribution in [0, 0.1) is 11.8 Å². The lowest BCUT2D eigenvalue weighted by atomic mass is 9.83. The van der Waals surface area contributed by atoms with Crippen LogP contribution in [0.4, 0.5) is 0 Å². The van der Waals surface area contributed by atoms with Gasteiger partial charge < -0.3 is 20.3 Å². The van der Waals surface area contributed by atoms with Crippen molar-refractivity contribution >= 4 is 0 Å². The molecular weight excluding hydrogens is 362 g/mol. The molecule has 0 spiro atoms. The van der Waals surface area contributed by atoms with E-state index in [9.17, 15) is 5.11 Å². The van der Waals surface area contributed by atoms with Crippen LogP contribution in [0.25, 0.3) is 0 Å². The van der Waals surface area contributed by atoms with Gasteiger partial charge in [-0.25, -0.2) is 0 Å². The molecule has 0 aliphatic carbocycles. The largest absolute Gasteiger partial charge is 0.496 e. The number of benzene rings is 1. The Bertz CT molecular complexity index is 559. The average Bonchev–Trinajstić information content (AvgIpc) is 2.70. The Labute approximate surface area is 179 Å². The summed E-state index contributed by atoms with van der Waals surface area (Å²) in [6, 6.07) is 6.03. The van der Waals surface area contributed by atoms with E-state index in [2.05, 4.69) is 33.8 Å². The smallest absolute Gasteiger partial charge is 0.125 e. The standard InChI is InChI=1S/C25H45NO3/c1-20(2)12-10-8-6-7-9-11-17-29-23-14-13-22(24(18-23)28-5)15-16-25(26,19-27)21(3)4/h13-14,18,20-21,27H,6-12,15-17,19,26H2,1-5H3. The maximum atomic E-state index is 9.65. The number of hydrogen-bond donors (Lipinski definition) is 2. The molecular formula is C25H45NO3. The molecule has 0 aliphatic rings. The average molecular weight is 408 g/mol. The Morgan fingerprint density at radius 3 is 2.24 bits per heavy atom. The first-order valence-corrected chi connectivity index (χ1v) is 11.5. The third kappa shape index (κ3) is 9.86. The lowest BCUT2D eigenvalue weighted by Gasteiger charge is -2.31. The summed E-state index contributed by atoms with van der Waals surface area (Å²) in [7, 11) is 1.69. The van der Waals surface area contributed by atoms with Gasteiger partial charge in [-0.1, -0.05) is 72.3 Å². The molecule has 0 amide bonds. The molecule has 0 saturated carbocycles. The van der Waals surface area contributed by atoms with Gasteiger partial charge in [-0.2, -0.15) is 0 Å². The molecule has 0 saturated heterocycles. The summed E-state index contributed by atoms with van der Waals surface area (Å²) in [5.74, 6) is 2.73. The maximum Gasteiger partial charge on any atom is 0.125 e. The van der Waals surface area contributed by atoms with Crippen molar-refractivity contribution in [3.05, 3.63) is 23.8 Å². The molecule has 1 aromatic rings. The van der Waals surface area contributed by atoms with Crippen molar-refractivity contribution in [2.75, 3.05) is 20.3 Å². The monoisotopic (exact) mass is 407 g/mol. The van der Waals surface area contributed by atoms with Crippen molar-refractivity contribution in [1.29, 1.82) is 0 Å². The van der Waals surface area contributed by atoms with Gasteiger partial charge in [-0.05, 0) is 42.7 Å². The minimum atomic E-state index is -0.561. The molecule has 29 heavy (non-hydrogen) atoms. The fourth-order valence-corrected chi connectivity index (χ4v) is 3.49. The van der Waals surface area contributed by atoms with E-state index in [1.165, 1.54) is 38.5 Å². The molecule has 0 fully saturated rings. The summed E-state index contributed by atoms with van der Waals surface area (Å²) in [5, 5.41) is 9.65. The van der Waals surface area contributed by atoms with E-state index in [1.807, 2.05) is 12.1 Å². The molecule has 1 rings (SSSR count). The van der Waals surface area contributed by atoms with E-state index in [4.69, 9.17) is 15.2 Å². The second kappa shape index (κ2) is 13.9. The lowest BCUT2D eigenvalue weighted by molar-refractivity contribution is 0.146. The molecule has 0 heterocycles. The normalized spacial score (nSPS) is 13.7. The third-order valence-corrected chi connectivity index (χ3v) is 6.01. The summed E-state index contributed by atoms with van der Waals surface area (Å²) in [4.78, 5) is 0. The van der Waals surface area contributed by atoms with Gasteiger partial charge in [-0.3, -0.25) is 0 Å². The van der Waals surface area contributed by atoms with Crippen LogP contribution in [0.5, 0.6) is 11.5 Å². The predicted octanol–water partition coefficient (Wildman–Crippen LogP) is 5.74. The molecule has 168 valence electrons. The second-order valence-corrected chi connectivity index (χ2v) is 9.17. The number of aliphatic hydroxyl groups excluding tert-OH is 1. The Kier molecular flexibility index (Phi) is 12.3. The van der Waals surface area contributed by atoms with E-state index < -0.39 is 5.54 Å². The minimum absolute atomic E-state index is 0.00803. The SMILES string of the molecule is COc1cc(OCCCCCCCCC(C)C)ccc1CCC(N)(CO)C(C)C. The van der Waals surface area contributed by atoms with Crippen LogP contribution in [0.3, 0.4) is 0 Å². The first kappa shape index (κ1) is 25.8. The summed E-state index contributed by atoms with van der Waals surface area (Å²) in [6.07, 6.45) is 10.5. The fourth-order valence-electron chi connectivity index (χ4n) is 3.49. The highest BCUT2D eigenvalue weighted by molar-refractivity contribution is 5.41. The van der Waals surface area contributed by atoms with E-state index in [0.29, 0.717) is 0 Å². The van der Waals surface area contributed by atoms with Gasteiger partial charge in [0.1, 0.15) is 11.5 Å². The van der Waals surface area contributed by atoms with Gasteiger partial charge in [0.05, 0.1) is 20.3 Å². The molecule has 0 aromatic heterocycles. The number of hydrogen-bond acceptors (Lipinski definition) is 4. The van der Waals surface area contributed by atoms with Gasteiger partial charge in [0, 0.05) is 11.6 Å². The first-order valence-electron chi connectivity index (χ1n) is 11.5. The molecule has 3 N–H and O–H groups in total. The van der Waals surface area contributed by atoms with E-state index in [1.54, 1.807) is 7.11 Å². The van der Waals surface area contributed by atoms with Gasteiger partial charge in [0.15, 0.2) is 0 Å². The van der Waals surface area contributed by atoms with E-state index in [-0.39, 0.29) is 12.5 Å². The van der Waals surface area contributed by atoms with Crippen LogP contribution < -0.4 is 15.2 Å². The highest BCUT2D eigenvalue weighted by Gasteiger charge is 2.28. The van der Waals surface area contributed by atoms with Crippen molar-refractivity contribution in [3.63, 3.8) is 0 Å². The van der Waals surface area contributed by atoms with E-state index >= 15 is 0 Å². The Morgan fingerprint density at radius 1 is 1.00 bits per heavy atom. The van der Waals surface area contributed by atoms with Crippen molar-refractivity contribution in [2.24, 2.45) is 17.6 Å². The molecule has 1 atom stereocenters. The zero-order chi connectivity index (χ0) is 21.7. The zero-order valence-electron chi connectivity index (χ0n) is 19.5. The number of aryl methyl sites for hydroxylation is 1. The number of rotatable bonds is 16. The number of aliphatic hydroxyl groups is 1. The van der Waals surface area contributed by atoms with Gasteiger partial charge in [0.25, 0.3) is 0 Å². The van der Waals surface area contributed by atoms with Crippen LogP contribution in [0.15, 0.2) is 18.2 Å². The predicted molar refractivity (Wildman–Crippen MR) is 123 cm³/mol. The number of methoxy groups -OCH3 is 1. The van der Waals surface area contributed by atoms with Crippen LogP contribution in [-0.4, -0.2) is 31.0 Å². The van der Waals surface area contributed by atoms with Crippen LogP contribution >= 0.6 is 0 Å². The Balaban J connectivity index is 2.36. The number of nitrogens with two attached hydrogens (primary N) is 1. The summed E-state index contributed by atoms with van der Waals surface area (Å²) in [6.45, 7) is 9.44. The Hall–Kier alpha value is -1.26. The van der Waals surface area contributed by atoms with Crippen molar-refractivity contribution in [1.82, 2.24) is 0 Å². The maximum absolute atomic E-state index is 9.65. The second-order valence-electron chi connectivity index (χ2n) is 9.17. The van der Waals surface area contributed by atoms with Crippen LogP contribution in [0.2, 0.25) is 0 Å². The topological polar surface area (TPSA) is 64.7 Å². The molecule has 4 nitrogen and oxygen atoms in total. The van der Waals surface area contributed by atoms with Crippen LogP contribution in [-0.2, 0) is 6.42 Å². The fraction of sp³-hybridized carbons (Fsp3) is 0.760. The molecule has 1 unspecified atom stereocenters. The van der Waals surface area contributed by atoms with Gasteiger partial charge in [-0.15, -0.1) is 0 Å². The number of unbranched alkanes of at least 4 members (excludes halogenated alkanes) is 5. The minimum Gasteiger partial charge on any atom is -0.496 e. The third-order valence-electron chi connectivity index (χ3n) is 6.01. The molecule has 1 aromatic carbocycles. The van der Waals surface area contributed by atoms with Crippen molar-refractivity contribution in [3.8, 4) is 11.5 Å². The van der Waals surface area contributed by atoms with Crippen molar-refractivity contribution < 1.29 is 14.6 Å². The first-order chi connectivity index (χ1) is 13.8.